The Labute approximate surface area is 161 Å². The number of benzene rings is 1. The molecule has 0 aliphatic heterocycles. The molecule has 0 aliphatic carbocycles. The maximum atomic E-state index is 12.3. The highest BCUT2D eigenvalue weighted by Gasteiger charge is 2.18. The average Bonchev–Trinajstić information content (AvgIpc) is 3.26. The maximum absolute atomic E-state index is 12.3. The lowest BCUT2D eigenvalue weighted by Crippen LogP contribution is -2.15. The Kier molecular flexibility index (Phi) is 5.71. The van der Waals surface area contributed by atoms with Crippen LogP contribution in [0.2, 0.25) is 0 Å². The van der Waals surface area contributed by atoms with Gasteiger partial charge in [0.2, 0.25) is 5.78 Å². The lowest BCUT2D eigenvalue weighted by atomic mass is 10.1. The number of aryl methyl sites for hydroxylation is 1. The topological polar surface area (TPSA) is 73.2 Å². The Balaban J connectivity index is 1.54. The summed E-state index contributed by atoms with van der Waals surface area (Å²) in [5, 5.41) is 5.43. The van der Waals surface area contributed by atoms with Gasteiger partial charge in [-0.05, 0) is 25.5 Å². The van der Waals surface area contributed by atoms with Crippen LogP contribution in [0.5, 0.6) is 0 Å². The summed E-state index contributed by atoms with van der Waals surface area (Å²) in [6.07, 6.45) is 0. The number of Topliss-reactive ketones (excluding diaryl/α,β-unsaturated/α-hetero) is 1. The Morgan fingerprint density at radius 3 is 2.63 bits per heavy atom. The lowest BCUT2D eigenvalue weighted by Gasteiger charge is -2.04. The summed E-state index contributed by atoms with van der Waals surface area (Å²) in [6, 6.07) is 11.7. The molecule has 0 spiro atoms. The molecule has 0 bridgehead atoms. The van der Waals surface area contributed by atoms with Crippen LogP contribution < -0.4 is 5.32 Å². The molecule has 0 fully saturated rings. The van der Waals surface area contributed by atoms with Gasteiger partial charge in [0.15, 0.2) is 17.4 Å². The molecule has 0 radical (unpaired) electrons. The van der Waals surface area contributed by atoms with Crippen molar-refractivity contribution in [1.29, 1.82) is 0 Å². The van der Waals surface area contributed by atoms with E-state index in [0.29, 0.717) is 17.2 Å². The standard InChI is InChI=1S/C20H21N3O3S/c1-13-9-16(14(2)23(13)3)18(24)11-26-19(25)17-12-27-20(22-17)21-10-15-7-5-4-6-8-15/h4-9,12H,10-11H2,1-3H3,(H,21,22). The van der Waals surface area contributed by atoms with E-state index >= 15 is 0 Å². The predicted octanol–water partition coefficient (Wildman–Crippen LogP) is 3.75. The SMILES string of the molecule is Cc1cc(C(=O)COC(=O)c2csc(NCc3ccccc3)n2)c(C)n1C. The van der Waals surface area contributed by atoms with Gasteiger partial charge < -0.3 is 14.6 Å². The van der Waals surface area contributed by atoms with Gasteiger partial charge in [0.1, 0.15) is 0 Å². The van der Waals surface area contributed by atoms with Gasteiger partial charge >= 0.3 is 5.97 Å². The van der Waals surface area contributed by atoms with Crippen LogP contribution in [0.4, 0.5) is 5.13 Å². The second kappa shape index (κ2) is 8.18. The van der Waals surface area contributed by atoms with E-state index in [1.54, 1.807) is 11.4 Å². The van der Waals surface area contributed by atoms with Crippen LogP contribution in [0.25, 0.3) is 0 Å². The summed E-state index contributed by atoms with van der Waals surface area (Å²) in [6.45, 7) is 4.11. The van der Waals surface area contributed by atoms with Crippen molar-refractivity contribution < 1.29 is 14.3 Å². The number of aromatic nitrogens is 2. The summed E-state index contributed by atoms with van der Waals surface area (Å²) in [5.41, 5.74) is 3.73. The van der Waals surface area contributed by atoms with Crippen molar-refractivity contribution in [1.82, 2.24) is 9.55 Å². The fourth-order valence-corrected chi connectivity index (χ4v) is 3.32. The number of hydrogen-bond acceptors (Lipinski definition) is 6. The summed E-state index contributed by atoms with van der Waals surface area (Å²) in [4.78, 5) is 28.7. The van der Waals surface area contributed by atoms with Crippen molar-refractivity contribution >= 4 is 28.2 Å². The molecule has 3 rings (SSSR count). The first-order valence-corrected chi connectivity index (χ1v) is 9.40. The van der Waals surface area contributed by atoms with Gasteiger partial charge in [-0.15, -0.1) is 11.3 Å². The van der Waals surface area contributed by atoms with Gasteiger partial charge in [-0.25, -0.2) is 9.78 Å². The highest BCUT2D eigenvalue weighted by Crippen LogP contribution is 2.18. The molecule has 0 amide bonds. The molecule has 1 N–H and O–H groups in total. The highest BCUT2D eigenvalue weighted by molar-refractivity contribution is 7.13. The van der Waals surface area contributed by atoms with E-state index in [1.165, 1.54) is 11.3 Å². The van der Waals surface area contributed by atoms with Crippen molar-refractivity contribution in [2.75, 3.05) is 11.9 Å². The fourth-order valence-electron chi connectivity index (χ4n) is 2.64. The Bertz CT molecular complexity index is 960. The van der Waals surface area contributed by atoms with Crippen molar-refractivity contribution in [2.45, 2.75) is 20.4 Å². The van der Waals surface area contributed by atoms with E-state index < -0.39 is 5.97 Å². The third-order valence-electron chi connectivity index (χ3n) is 4.41. The molecule has 0 atom stereocenters. The van der Waals surface area contributed by atoms with E-state index in [2.05, 4.69) is 10.3 Å². The second-order valence-electron chi connectivity index (χ2n) is 6.22. The minimum atomic E-state index is -0.599. The number of ether oxygens (including phenoxy) is 1. The van der Waals surface area contributed by atoms with Gasteiger partial charge in [-0.2, -0.15) is 0 Å². The van der Waals surface area contributed by atoms with Gasteiger partial charge in [-0.3, -0.25) is 4.79 Å². The number of thiazole rings is 1. The second-order valence-corrected chi connectivity index (χ2v) is 7.08. The van der Waals surface area contributed by atoms with Crippen LogP contribution in [0.15, 0.2) is 41.8 Å². The summed E-state index contributed by atoms with van der Waals surface area (Å²) >= 11 is 1.32. The Hall–Kier alpha value is -2.93. The van der Waals surface area contributed by atoms with Gasteiger partial charge in [0, 0.05) is 35.9 Å². The lowest BCUT2D eigenvalue weighted by molar-refractivity contribution is 0.0469. The molecule has 7 heteroatoms. The number of rotatable bonds is 7. The van der Waals surface area contributed by atoms with Gasteiger partial charge in [0.25, 0.3) is 0 Å². The molecule has 2 heterocycles. The molecular formula is C20H21N3O3S. The van der Waals surface area contributed by atoms with E-state index in [1.807, 2.05) is 55.8 Å². The smallest absolute Gasteiger partial charge is 0.358 e. The first-order valence-electron chi connectivity index (χ1n) is 8.52. The first-order chi connectivity index (χ1) is 13.0. The van der Waals surface area contributed by atoms with E-state index in [-0.39, 0.29) is 18.1 Å². The van der Waals surface area contributed by atoms with E-state index in [4.69, 9.17) is 4.74 Å². The molecule has 27 heavy (non-hydrogen) atoms. The minimum absolute atomic E-state index is 0.198. The molecule has 3 aromatic rings. The zero-order valence-electron chi connectivity index (χ0n) is 15.5. The monoisotopic (exact) mass is 383 g/mol. The first kappa shape index (κ1) is 18.8. The number of carbonyl (C=O) groups excluding carboxylic acids is 2. The van der Waals surface area contributed by atoms with Crippen molar-refractivity contribution in [3.8, 4) is 0 Å². The molecule has 1 aromatic carbocycles. The molecule has 2 aromatic heterocycles. The van der Waals surface area contributed by atoms with Crippen LogP contribution in [0, 0.1) is 13.8 Å². The molecule has 140 valence electrons. The number of carbonyl (C=O) groups is 2. The zero-order chi connectivity index (χ0) is 19.4. The Morgan fingerprint density at radius 2 is 1.96 bits per heavy atom. The van der Waals surface area contributed by atoms with Crippen molar-refractivity contribution in [3.05, 3.63) is 70.0 Å². The molecule has 6 nitrogen and oxygen atoms in total. The van der Waals surface area contributed by atoms with E-state index in [9.17, 15) is 9.59 Å². The van der Waals surface area contributed by atoms with Crippen LogP contribution >= 0.6 is 11.3 Å². The number of hydrogen-bond donors (Lipinski definition) is 1. The summed E-state index contributed by atoms with van der Waals surface area (Å²) < 4.78 is 7.07. The van der Waals surface area contributed by atoms with Crippen LogP contribution in [0.1, 0.15) is 37.8 Å². The van der Waals surface area contributed by atoms with Crippen molar-refractivity contribution in [3.63, 3.8) is 0 Å². The van der Waals surface area contributed by atoms with Gasteiger partial charge in [-0.1, -0.05) is 30.3 Å². The number of anilines is 1. The average molecular weight is 383 g/mol. The summed E-state index contributed by atoms with van der Waals surface area (Å²) in [7, 11) is 1.90. The van der Waals surface area contributed by atoms with Crippen LogP contribution in [-0.2, 0) is 18.3 Å². The molecule has 0 aliphatic rings. The third-order valence-corrected chi connectivity index (χ3v) is 5.21. The minimum Gasteiger partial charge on any atom is -0.453 e. The number of ketones is 1. The zero-order valence-corrected chi connectivity index (χ0v) is 16.3. The number of esters is 1. The third kappa shape index (κ3) is 4.43. The quantitative estimate of drug-likeness (QED) is 0.497. The van der Waals surface area contributed by atoms with Crippen molar-refractivity contribution in [2.24, 2.45) is 7.05 Å². The highest BCUT2D eigenvalue weighted by atomic mass is 32.1. The number of nitrogens with zero attached hydrogens (tertiary/aromatic N) is 2. The van der Waals surface area contributed by atoms with Crippen LogP contribution in [0.3, 0.4) is 0 Å². The molecular weight excluding hydrogens is 362 g/mol. The molecule has 0 saturated heterocycles. The predicted molar refractivity (Wildman–Crippen MR) is 105 cm³/mol. The largest absolute Gasteiger partial charge is 0.453 e. The Morgan fingerprint density at radius 1 is 1.22 bits per heavy atom. The maximum Gasteiger partial charge on any atom is 0.358 e. The fraction of sp³-hybridized carbons (Fsp3) is 0.250. The molecule has 0 unspecified atom stereocenters. The summed E-state index contributed by atoms with van der Waals surface area (Å²) in [5.74, 6) is -0.820. The number of nitrogens with one attached hydrogen (secondary N) is 1. The normalized spacial score (nSPS) is 10.6. The van der Waals surface area contributed by atoms with Gasteiger partial charge in [0.05, 0.1) is 0 Å². The van der Waals surface area contributed by atoms with Crippen LogP contribution in [-0.4, -0.2) is 27.9 Å². The molecule has 0 saturated carbocycles. The van der Waals surface area contributed by atoms with E-state index in [0.717, 1.165) is 17.0 Å².